The van der Waals surface area contributed by atoms with Gasteiger partial charge in [-0.25, -0.2) is 8.70 Å². The minimum Gasteiger partial charge on any atom is -0.370 e. The van der Waals surface area contributed by atoms with Gasteiger partial charge in [0.2, 0.25) is 0 Å². The summed E-state index contributed by atoms with van der Waals surface area (Å²) < 4.78 is 60.4. The number of nitrogens with two attached hydrogens (primary N) is 1. The zero-order valence-corrected chi connectivity index (χ0v) is 20.4. The van der Waals surface area contributed by atoms with E-state index >= 15 is 0 Å². The average molecular weight is 512 g/mol. The Morgan fingerprint density at radius 2 is 1.68 bits per heavy atom. The van der Waals surface area contributed by atoms with Gasteiger partial charge in [-0.1, -0.05) is 6.07 Å². The van der Waals surface area contributed by atoms with Crippen LogP contribution in [0.4, 0.5) is 17.6 Å². The Morgan fingerprint density at radius 1 is 1.00 bits per heavy atom. The van der Waals surface area contributed by atoms with Gasteiger partial charge in [-0.15, -0.1) is 9.24 Å². The lowest BCUT2D eigenvalue weighted by Gasteiger charge is -2.39. The van der Waals surface area contributed by atoms with Gasteiger partial charge >= 0.3 is 6.18 Å². The maximum Gasteiger partial charge on any atom is 0.416 e. The molecular formula is C24H26F4N3OPS. The SMILES string of the molecule is NC1CC(N2CC3=C(CN(Sc4ccc(C(F)(F)F)cc4)C3)C2)CO[C@@H]1c1cc(F)ccc1P. The zero-order chi connectivity index (χ0) is 24.0. The predicted molar refractivity (Wildman–Crippen MR) is 128 cm³/mol. The molecule has 2 aromatic carbocycles. The monoisotopic (exact) mass is 511 g/mol. The zero-order valence-electron chi connectivity index (χ0n) is 18.4. The van der Waals surface area contributed by atoms with Gasteiger partial charge in [0, 0.05) is 43.2 Å². The highest BCUT2D eigenvalue weighted by Crippen LogP contribution is 2.37. The van der Waals surface area contributed by atoms with Crippen molar-refractivity contribution in [3.8, 4) is 0 Å². The van der Waals surface area contributed by atoms with Crippen LogP contribution in [-0.4, -0.2) is 54.1 Å². The minimum atomic E-state index is -4.32. The first-order valence-corrected chi connectivity index (χ1v) is 12.5. The Balaban J connectivity index is 1.14. The van der Waals surface area contributed by atoms with Gasteiger partial charge in [-0.2, -0.15) is 13.2 Å². The fraction of sp³-hybridized carbons (Fsp3) is 0.417. The second-order valence-electron chi connectivity index (χ2n) is 9.10. The maximum atomic E-state index is 13.7. The molecule has 182 valence electrons. The van der Waals surface area contributed by atoms with Crippen molar-refractivity contribution >= 4 is 26.5 Å². The van der Waals surface area contributed by atoms with E-state index in [1.165, 1.54) is 47.4 Å². The summed E-state index contributed by atoms with van der Waals surface area (Å²) in [5.74, 6) is -0.294. The van der Waals surface area contributed by atoms with Crippen molar-refractivity contribution < 1.29 is 22.3 Å². The molecule has 3 unspecified atom stereocenters. The van der Waals surface area contributed by atoms with E-state index in [0.717, 1.165) is 60.5 Å². The second kappa shape index (κ2) is 9.52. The molecule has 3 aliphatic rings. The third kappa shape index (κ3) is 5.06. The topological polar surface area (TPSA) is 41.7 Å². The fourth-order valence-electron chi connectivity index (χ4n) is 4.96. The number of hydrogen-bond acceptors (Lipinski definition) is 5. The lowest BCUT2D eigenvalue weighted by molar-refractivity contribution is -0.137. The fourth-order valence-corrected chi connectivity index (χ4v) is 6.30. The molecule has 5 rings (SSSR count). The Morgan fingerprint density at radius 3 is 2.29 bits per heavy atom. The predicted octanol–water partition coefficient (Wildman–Crippen LogP) is 4.14. The van der Waals surface area contributed by atoms with E-state index in [-0.39, 0.29) is 24.0 Å². The summed E-state index contributed by atoms with van der Waals surface area (Å²) >= 11 is 1.49. The molecule has 0 radical (unpaired) electrons. The summed E-state index contributed by atoms with van der Waals surface area (Å²) in [6.45, 7) is 3.82. The average Bonchev–Trinajstić information content (AvgIpc) is 3.34. The molecule has 0 saturated carbocycles. The summed E-state index contributed by atoms with van der Waals surface area (Å²) in [5, 5.41) is 0.896. The van der Waals surface area contributed by atoms with Crippen molar-refractivity contribution in [1.29, 1.82) is 0 Å². The van der Waals surface area contributed by atoms with Crippen LogP contribution < -0.4 is 11.0 Å². The van der Waals surface area contributed by atoms with E-state index in [2.05, 4.69) is 18.4 Å². The van der Waals surface area contributed by atoms with Crippen LogP contribution in [0, 0.1) is 5.82 Å². The molecule has 2 aromatic rings. The molecule has 0 aliphatic carbocycles. The number of benzene rings is 2. The number of halogens is 4. The first kappa shape index (κ1) is 24.2. The molecule has 1 saturated heterocycles. The molecule has 2 N–H and O–H groups in total. The molecule has 4 atom stereocenters. The molecule has 0 amide bonds. The first-order chi connectivity index (χ1) is 16.2. The summed E-state index contributed by atoms with van der Waals surface area (Å²) in [6.07, 6.45) is -3.86. The molecule has 0 bridgehead atoms. The van der Waals surface area contributed by atoms with Gasteiger partial charge in [-0.05, 0) is 76.8 Å². The highest BCUT2D eigenvalue weighted by molar-refractivity contribution is 7.97. The van der Waals surface area contributed by atoms with Gasteiger partial charge < -0.3 is 10.5 Å². The molecule has 3 heterocycles. The highest BCUT2D eigenvalue weighted by atomic mass is 32.2. The van der Waals surface area contributed by atoms with Crippen LogP contribution >= 0.6 is 21.2 Å². The van der Waals surface area contributed by atoms with Gasteiger partial charge in [0.25, 0.3) is 0 Å². The van der Waals surface area contributed by atoms with Crippen LogP contribution in [0.5, 0.6) is 0 Å². The Bertz CT molecular complexity index is 1080. The summed E-state index contributed by atoms with van der Waals surface area (Å²) in [6, 6.07) is 9.95. The normalized spacial score (nSPS) is 26.4. The van der Waals surface area contributed by atoms with Crippen molar-refractivity contribution in [2.75, 3.05) is 32.8 Å². The van der Waals surface area contributed by atoms with Crippen molar-refractivity contribution in [2.24, 2.45) is 5.73 Å². The molecule has 4 nitrogen and oxygen atoms in total. The molecule has 10 heteroatoms. The Labute approximate surface area is 202 Å². The van der Waals surface area contributed by atoms with Crippen molar-refractivity contribution in [3.63, 3.8) is 0 Å². The largest absolute Gasteiger partial charge is 0.416 e. The summed E-state index contributed by atoms with van der Waals surface area (Å²) in [5.41, 5.74) is 9.36. The van der Waals surface area contributed by atoms with Crippen LogP contribution in [0.1, 0.15) is 23.7 Å². The molecule has 0 spiro atoms. The Hall–Kier alpha value is -1.48. The van der Waals surface area contributed by atoms with E-state index in [1.54, 1.807) is 6.07 Å². The quantitative estimate of drug-likeness (QED) is 0.289. The third-order valence-electron chi connectivity index (χ3n) is 6.71. The van der Waals surface area contributed by atoms with Gasteiger partial charge in [-0.3, -0.25) is 4.90 Å². The van der Waals surface area contributed by atoms with Crippen LogP contribution in [-0.2, 0) is 10.9 Å². The number of alkyl halides is 3. The van der Waals surface area contributed by atoms with Crippen molar-refractivity contribution in [2.45, 2.75) is 35.7 Å². The molecule has 34 heavy (non-hydrogen) atoms. The molecule has 1 fully saturated rings. The Kier molecular flexibility index (Phi) is 6.79. The van der Waals surface area contributed by atoms with Crippen molar-refractivity contribution in [3.05, 3.63) is 70.6 Å². The standard InChI is InChI=1S/C24H26F4N3OPS/c25-17-3-6-22(33)20(7-17)23-21(29)8-18(13-32-23)30-9-14-11-31(12-15(14)10-30)34-19-4-1-16(2-5-19)24(26,27)28/h1-7,18,21,23H,8-13,29,33H2/t18?,21?,23-/m1/s1. The third-order valence-corrected chi connectivity index (χ3v) is 8.24. The van der Waals surface area contributed by atoms with E-state index in [1.807, 2.05) is 0 Å². The molecular weight excluding hydrogens is 485 g/mol. The lowest BCUT2D eigenvalue weighted by Crippen LogP contribution is -2.49. The van der Waals surface area contributed by atoms with Crippen molar-refractivity contribution in [1.82, 2.24) is 9.21 Å². The van der Waals surface area contributed by atoms with Crippen LogP contribution in [0.15, 0.2) is 58.5 Å². The van der Waals surface area contributed by atoms with Crippen LogP contribution in [0.2, 0.25) is 0 Å². The van der Waals surface area contributed by atoms with Crippen LogP contribution in [0.25, 0.3) is 0 Å². The first-order valence-electron chi connectivity index (χ1n) is 11.1. The van der Waals surface area contributed by atoms with Gasteiger partial charge in [0.05, 0.1) is 18.3 Å². The second-order valence-corrected chi connectivity index (χ2v) is 10.9. The molecule has 0 aromatic heterocycles. The lowest BCUT2D eigenvalue weighted by atomic mass is 9.93. The number of hydrogen-bond donors (Lipinski definition) is 1. The van der Waals surface area contributed by atoms with Gasteiger partial charge in [0.1, 0.15) is 5.82 Å². The number of ether oxygens (including phenoxy) is 1. The number of nitrogens with zero attached hydrogens (tertiary/aromatic N) is 2. The minimum absolute atomic E-state index is 0.203. The smallest absolute Gasteiger partial charge is 0.370 e. The molecule has 3 aliphatic heterocycles. The maximum absolute atomic E-state index is 13.7. The van der Waals surface area contributed by atoms with E-state index < -0.39 is 11.7 Å². The highest BCUT2D eigenvalue weighted by Gasteiger charge is 2.38. The number of rotatable bonds is 4. The summed E-state index contributed by atoms with van der Waals surface area (Å²) in [4.78, 5) is 3.20. The summed E-state index contributed by atoms with van der Waals surface area (Å²) in [7, 11) is 2.62. The van der Waals surface area contributed by atoms with E-state index in [0.29, 0.717) is 6.61 Å². The van der Waals surface area contributed by atoms with E-state index in [4.69, 9.17) is 10.5 Å². The van der Waals surface area contributed by atoms with Crippen LogP contribution in [0.3, 0.4) is 0 Å². The van der Waals surface area contributed by atoms with Gasteiger partial charge in [0.15, 0.2) is 0 Å². The van der Waals surface area contributed by atoms with E-state index in [9.17, 15) is 17.6 Å².